The second-order valence-corrected chi connectivity index (χ2v) is 5.00. The van der Waals surface area contributed by atoms with Gasteiger partial charge in [-0.15, -0.1) is 0 Å². The van der Waals surface area contributed by atoms with Crippen LogP contribution in [0.3, 0.4) is 0 Å². The summed E-state index contributed by atoms with van der Waals surface area (Å²) in [7, 11) is 0. The van der Waals surface area contributed by atoms with Crippen molar-refractivity contribution < 1.29 is 9.53 Å². The standard InChI is InChI=1S/C17H17ClN2O2/c1-2-10-22-16-5-3-4-15(11-16)20-17(21)19-12-13-6-8-14(18)9-7-13/h2-9,11H,1,10,12H2,(H2,19,20,21). The third-order valence-corrected chi connectivity index (χ3v) is 3.08. The van der Waals surface area contributed by atoms with Gasteiger partial charge in [0.2, 0.25) is 0 Å². The lowest BCUT2D eigenvalue weighted by molar-refractivity contribution is 0.251. The Hall–Kier alpha value is -2.46. The average Bonchev–Trinajstić information content (AvgIpc) is 2.53. The van der Waals surface area contributed by atoms with E-state index >= 15 is 0 Å². The van der Waals surface area contributed by atoms with Crippen LogP contribution in [0.4, 0.5) is 10.5 Å². The Bertz CT molecular complexity index is 641. The zero-order chi connectivity index (χ0) is 15.8. The number of ether oxygens (including phenoxy) is 1. The molecule has 0 unspecified atom stereocenters. The number of halogens is 1. The molecule has 2 rings (SSSR count). The average molecular weight is 317 g/mol. The third-order valence-electron chi connectivity index (χ3n) is 2.83. The largest absolute Gasteiger partial charge is 0.489 e. The summed E-state index contributed by atoms with van der Waals surface area (Å²) >= 11 is 5.81. The van der Waals surface area contributed by atoms with Gasteiger partial charge >= 0.3 is 6.03 Å². The molecule has 4 nitrogen and oxygen atoms in total. The molecule has 0 heterocycles. The summed E-state index contributed by atoms with van der Waals surface area (Å²) in [5.41, 5.74) is 1.64. The summed E-state index contributed by atoms with van der Waals surface area (Å²) < 4.78 is 5.42. The van der Waals surface area contributed by atoms with E-state index in [1.807, 2.05) is 24.3 Å². The van der Waals surface area contributed by atoms with Crippen LogP contribution in [0, 0.1) is 0 Å². The minimum atomic E-state index is -0.282. The molecule has 0 spiro atoms. The molecule has 2 aromatic carbocycles. The van der Waals surface area contributed by atoms with Crippen molar-refractivity contribution in [2.45, 2.75) is 6.54 Å². The molecule has 0 aromatic heterocycles. The van der Waals surface area contributed by atoms with Crippen molar-refractivity contribution in [1.82, 2.24) is 5.32 Å². The monoisotopic (exact) mass is 316 g/mol. The summed E-state index contributed by atoms with van der Waals surface area (Å²) in [5, 5.41) is 6.21. The van der Waals surface area contributed by atoms with Crippen molar-refractivity contribution in [2.24, 2.45) is 0 Å². The summed E-state index contributed by atoms with van der Waals surface area (Å²) in [5.74, 6) is 0.676. The summed E-state index contributed by atoms with van der Waals surface area (Å²) in [4.78, 5) is 11.9. The molecule has 2 N–H and O–H groups in total. The molecule has 0 bridgehead atoms. The number of carbonyl (C=O) groups excluding carboxylic acids is 1. The van der Waals surface area contributed by atoms with E-state index in [0.717, 1.165) is 5.56 Å². The third kappa shape index (κ3) is 5.14. The van der Waals surface area contributed by atoms with Gasteiger partial charge in [0, 0.05) is 23.3 Å². The molecule has 0 atom stereocenters. The minimum Gasteiger partial charge on any atom is -0.489 e. The molecule has 22 heavy (non-hydrogen) atoms. The Kier molecular flexibility index (Phi) is 5.86. The maximum Gasteiger partial charge on any atom is 0.319 e. The molecule has 0 saturated heterocycles. The number of anilines is 1. The highest BCUT2D eigenvalue weighted by Gasteiger charge is 2.03. The van der Waals surface area contributed by atoms with E-state index in [1.54, 1.807) is 30.3 Å². The van der Waals surface area contributed by atoms with E-state index < -0.39 is 0 Å². The number of hydrogen-bond acceptors (Lipinski definition) is 2. The Morgan fingerprint density at radius 3 is 2.73 bits per heavy atom. The second kappa shape index (κ2) is 8.10. The number of urea groups is 1. The first-order valence-corrected chi connectivity index (χ1v) is 7.18. The van der Waals surface area contributed by atoms with Crippen molar-refractivity contribution in [3.63, 3.8) is 0 Å². The molecule has 0 fully saturated rings. The lowest BCUT2D eigenvalue weighted by atomic mass is 10.2. The Labute approximate surface area is 134 Å². The normalized spacial score (nSPS) is 9.86. The molecule has 0 aliphatic heterocycles. The smallest absolute Gasteiger partial charge is 0.319 e. The maximum atomic E-state index is 11.9. The number of benzene rings is 2. The van der Waals surface area contributed by atoms with Crippen molar-refractivity contribution in [3.8, 4) is 5.75 Å². The van der Waals surface area contributed by atoms with Crippen LogP contribution in [0.15, 0.2) is 61.2 Å². The van der Waals surface area contributed by atoms with E-state index in [4.69, 9.17) is 16.3 Å². The van der Waals surface area contributed by atoms with Gasteiger partial charge in [-0.1, -0.05) is 42.5 Å². The Morgan fingerprint density at radius 1 is 1.23 bits per heavy atom. The topological polar surface area (TPSA) is 50.4 Å². The van der Waals surface area contributed by atoms with E-state index in [2.05, 4.69) is 17.2 Å². The number of rotatable bonds is 6. The zero-order valence-corrected chi connectivity index (χ0v) is 12.8. The lowest BCUT2D eigenvalue weighted by Gasteiger charge is -2.09. The number of carbonyl (C=O) groups is 1. The number of hydrogen-bond donors (Lipinski definition) is 2. The highest BCUT2D eigenvalue weighted by molar-refractivity contribution is 6.30. The molecule has 114 valence electrons. The van der Waals surface area contributed by atoms with Crippen LogP contribution in [-0.2, 0) is 6.54 Å². The predicted octanol–water partition coefficient (Wildman–Crippen LogP) is 4.23. The van der Waals surface area contributed by atoms with Crippen LogP contribution in [0.2, 0.25) is 5.02 Å². The first kappa shape index (κ1) is 15.9. The van der Waals surface area contributed by atoms with Gasteiger partial charge in [-0.3, -0.25) is 0 Å². The van der Waals surface area contributed by atoms with E-state index in [9.17, 15) is 4.79 Å². The van der Waals surface area contributed by atoms with Crippen molar-refractivity contribution in [2.75, 3.05) is 11.9 Å². The molecular weight excluding hydrogens is 300 g/mol. The first-order valence-electron chi connectivity index (χ1n) is 6.80. The highest BCUT2D eigenvalue weighted by Crippen LogP contribution is 2.17. The van der Waals surface area contributed by atoms with Crippen molar-refractivity contribution >= 4 is 23.3 Å². The van der Waals surface area contributed by atoms with Crippen LogP contribution in [0.25, 0.3) is 0 Å². The van der Waals surface area contributed by atoms with Crippen molar-refractivity contribution in [3.05, 3.63) is 71.8 Å². The SMILES string of the molecule is C=CCOc1cccc(NC(=O)NCc2ccc(Cl)cc2)c1. The number of nitrogens with one attached hydrogen (secondary N) is 2. The predicted molar refractivity (Wildman–Crippen MR) is 89.4 cm³/mol. The Balaban J connectivity index is 1.86. The van der Waals surface area contributed by atoms with Gasteiger partial charge in [-0.2, -0.15) is 0 Å². The van der Waals surface area contributed by atoms with Gasteiger partial charge in [0.25, 0.3) is 0 Å². The van der Waals surface area contributed by atoms with Gasteiger partial charge in [-0.25, -0.2) is 4.79 Å². The van der Waals surface area contributed by atoms with Gasteiger partial charge in [-0.05, 0) is 29.8 Å². The molecule has 0 aliphatic carbocycles. The maximum absolute atomic E-state index is 11.9. The molecule has 0 radical (unpaired) electrons. The zero-order valence-electron chi connectivity index (χ0n) is 12.0. The van der Waals surface area contributed by atoms with Crippen LogP contribution in [-0.4, -0.2) is 12.6 Å². The van der Waals surface area contributed by atoms with E-state index in [1.165, 1.54) is 0 Å². The Morgan fingerprint density at radius 2 is 2.00 bits per heavy atom. The fourth-order valence-electron chi connectivity index (χ4n) is 1.78. The fourth-order valence-corrected chi connectivity index (χ4v) is 1.90. The van der Waals surface area contributed by atoms with Gasteiger partial charge in [0.1, 0.15) is 12.4 Å². The molecule has 5 heteroatoms. The summed E-state index contributed by atoms with van der Waals surface area (Å²) in [6.07, 6.45) is 1.67. The molecule has 0 saturated carbocycles. The van der Waals surface area contributed by atoms with Crippen LogP contribution < -0.4 is 15.4 Å². The molecule has 2 aromatic rings. The van der Waals surface area contributed by atoms with Gasteiger partial charge < -0.3 is 15.4 Å². The van der Waals surface area contributed by atoms with Crippen molar-refractivity contribution in [1.29, 1.82) is 0 Å². The second-order valence-electron chi connectivity index (χ2n) is 4.56. The molecule has 0 aliphatic rings. The fraction of sp³-hybridized carbons (Fsp3) is 0.118. The lowest BCUT2D eigenvalue weighted by Crippen LogP contribution is -2.28. The number of amides is 2. The minimum absolute atomic E-state index is 0.282. The first-order chi connectivity index (χ1) is 10.7. The molecule has 2 amide bonds. The van der Waals surface area contributed by atoms with Crippen LogP contribution >= 0.6 is 11.6 Å². The van der Waals surface area contributed by atoms with Gasteiger partial charge in [0.05, 0.1) is 0 Å². The van der Waals surface area contributed by atoms with Crippen LogP contribution in [0.5, 0.6) is 5.75 Å². The highest BCUT2D eigenvalue weighted by atomic mass is 35.5. The summed E-state index contributed by atoms with van der Waals surface area (Å²) in [6, 6.07) is 14.2. The quantitative estimate of drug-likeness (QED) is 0.784. The van der Waals surface area contributed by atoms with Crippen LogP contribution in [0.1, 0.15) is 5.56 Å². The van der Waals surface area contributed by atoms with E-state index in [-0.39, 0.29) is 6.03 Å². The molecular formula is C17H17ClN2O2. The summed E-state index contributed by atoms with van der Waals surface area (Å²) in [6.45, 7) is 4.44. The van der Waals surface area contributed by atoms with E-state index in [0.29, 0.717) is 29.6 Å². The van der Waals surface area contributed by atoms with Gasteiger partial charge in [0.15, 0.2) is 0 Å².